The van der Waals surface area contributed by atoms with Gasteiger partial charge in [0.05, 0.1) is 5.92 Å². The third-order valence-corrected chi connectivity index (χ3v) is 4.05. The van der Waals surface area contributed by atoms with Crippen LogP contribution in [0.2, 0.25) is 0 Å². The number of carbonyl (C=O) groups excluding carboxylic acids is 1. The van der Waals surface area contributed by atoms with Gasteiger partial charge >= 0.3 is 0 Å². The van der Waals surface area contributed by atoms with Crippen LogP contribution >= 0.6 is 12.4 Å². The zero-order valence-corrected chi connectivity index (χ0v) is 13.0. The van der Waals surface area contributed by atoms with Gasteiger partial charge in [0.1, 0.15) is 0 Å². The number of hydrogen-bond acceptors (Lipinski definition) is 2. The van der Waals surface area contributed by atoms with Crippen molar-refractivity contribution in [1.29, 1.82) is 0 Å². The Hall–Kier alpha value is -1.06. The highest BCUT2D eigenvalue weighted by molar-refractivity contribution is 5.85. The molecule has 0 aliphatic heterocycles. The van der Waals surface area contributed by atoms with Crippen molar-refractivity contribution >= 4 is 18.3 Å². The number of carbonyl (C=O) groups is 1. The minimum absolute atomic E-state index is 0. The fourth-order valence-corrected chi connectivity index (χ4v) is 2.56. The van der Waals surface area contributed by atoms with Crippen LogP contribution < -0.4 is 11.1 Å². The van der Waals surface area contributed by atoms with Crippen molar-refractivity contribution in [2.75, 3.05) is 0 Å². The summed E-state index contributed by atoms with van der Waals surface area (Å²) in [4.78, 5) is 12.2. The van der Waals surface area contributed by atoms with E-state index in [1.165, 1.54) is 12.8 Å². The molecule has 4 unspecified atom stereocenters. The maximum Gasteiger partial charge on any atom is 0.224 e. The Kier molecular flexibility index (Phi) is 6.50. The number of nitrogens with two attached hydrogens (primary N) is 1. The van der Waals surface area contributed by atoms with Crippen LogP contribution in [-0.2, 0) is 4.79 Å². The van der Waals surface area contributed by atoms with Crippen molar-refractivity contribution in [3.05, 3.63) is 35.9 Å². The van der Waals surface area contributed by atoms with Gasteiger partial charge in [-0.3, -0.25) is 4.79 Å². The van der Waals surface area contributed by atoms with E-state index in [1.54, 1.807) is 0 Å². The molecule has 3 nitrogen and oxygen atoms in total. The first kappa shape index (κ1) is 17.0. The molecule has 0 spiro atoms. The second-order valence-corrected chi connectivity index (χ2v) is 5.62. The van der Waals surface area contributed by atoms with E-state index in [-0.39, 0.29) is 30.3 Å². The molecule has 0 radical (unpaired) electrons. The number of benzene rings is 1. The molecular formula is C16H25ClN2O. The summed E-state index contributed by atoms with van der Waals surface area (Å²) >= 11 is 0. The number of halogens is 1. The monoisotopic (exact) mass is 296 g/mol. The van der Waals surface area contributed by atoms with E-state index in [1.807, 2.05) is 37.3 Å². The topological polar surface area (TPSA) is 55.1 Å². The smallest absolute Gasteiger partial charge is 0.224 e. The zero-order valence-electron chi connectivity index (χ0n) is 12.2. The van der Waals surface area contributed by atoms with Crippen LogP contribution in [0.25, 0.3) is 0 Å². The number of hydrogen-bond donors (Lipinski definition) is 2. The van der Waals surface area contributed by atoms with E-state index in [2.05, 4.69) is 12.2 Å². The summed E-state index contributed by atoms with van der Waals surface area (Å²) in [5.41, 5.74) is 7.19. The van der Waals surface area contributed by atoms with Crippen molar-refractivity contribution < 1.29 is 4.79 Å². The quantitative estimate of drug-likeness (QED) is 0.848. The highest BCUT2D eigenvalue weighted by Gasteiger charge is 2.38. The molecule has 3 N–H and O–H groups in total. The second kappa shape index (κ2) is 7.65. The minimum atomic E-state index is -0.232. The summed E-state index contributed by atoms with van der Waals surface area (Å²) in [6.07, 6.45) is 3.53. The maximum atomic E-state index is 12.2. The van der Waals surface area contributed by atoms with Gasteiger partial charge in [0.2, 0.25) is 5.91 Å². The summed E-state index contributed by atoms with van der Waals surface area (Å²) < 4.78 is 0. The van der Waals surface area contributed by atoms with Gasteiger partial charge < -0.3 is 11.1 Å². The Labute approximate surface area is 127 Å². The fourth-order valence-electron chi connectivity index (χ4n) is 2.56. The van der Waals surface area contributed by atoms with Gasteiger partial charge in [-0.25, -0.2) is 0 Å². The Morgan fingerprint density at radius 2 is 2.05 bits per heavy atom. The van der Waals surface area contributed by atoms with E-state index in [0.29, 0.717) is 12.0 Å². The molecule has 1 aromatic rings. The van der Waals surface area contributed by atoms with Gasteiger partial charge in [-0.2, -0.15) is 0 Å². The predicted octanol–water partition coefficient (Wildman–Crippen LogP) is 3.05. The molecule has 1 aromatic carbocycles. The van der Waals surface area contributed by atoms with Crippen LogP contribution in [0.3, 0.4) is 0 Å². The summed E-state index contributed by atoms with van der Waals surface area (Å²) in [6.45, 7) is 4.09. The average molecular weight is 297 g/mol. The summed E-state index contributed by atoms with van der Waals surface area (Å²) in [5.74, 6) is 0.583. The summed E-state index contributed by atoms with van der Waals surface area (Å²) in [5, 5.41) is 3.12. The van der Waals surface area contributed by atoms with E-state index in [0.717, 1.165) is 12.0 Å². The van der Waals surface area contributed by atoms with Crippen molar-refractivity contribution in [3.63, 3.8) is 0 Å². The van der Waals surface area contributed by atoms with Crippen LogP contribution in [-0.4, -0.2) is 11.9 Å². The van der Waals surface area contributed by atoms with Crippen LogP contribution in [0, 0.1) is 11.8 Å². The molecule has 112 valence electrons. The van der Waals surface area contributed by atoms with E-state index in [4.69, 9.17) is 5.73 Å². The van der Waals surface area contributed by atoms with Crippen molar-refractivity contribution in [3.8, 4) is 0 Å². The molecule has 4 atom stereocenters. The third-order valence-electron chi connectivity index (χ3n) is 4.05. The van der Waals surface area contributed by atoms with Crippen molar-refractivity contribution in [1.82, 2.24) is 5.32 Å². The Morgan fingerprint density at radius 3 is 2.65 bits per heavy atom. The van der Waals surface area contributed by atoms with Gasteiger partial charge in [0.25, 0.3) is 0 Å². The van der Waals surface area contributed by atoms with E-state index in [9.17, 15) is 4.79 Å². The molecule has 1 amide bonds. The molecule has 4 heteroatoms. The van der Waals surface area contributed by atoms with E-state index >= 15 is 0 Å². The van der Waals surface area contributed by atoms with Gasteiger partial charge in [-0.05, 0) is 24.3 Å². The molecule has 20 heavy (non-hydrogen) atoms. The molecule has 0 heterocycles. The van der Waals surface area contributed by atoms with Crippen LogP contribution in [0.15, 0.2) is 30.3 Å². The highest BCUT2D eigenvalue weighted by Crippen LogP contribution is 2.35. The summed E-state index contributed by atoms with van der Waals surface area (Å²) in [6, 6.07) is 9.98. The largest absolute Gasteiger partial charge is 0.353 e. The first-order chi connectivity index (χ1) is 9.13. The van der Waals surface area contributed by atoms with Gasteiger partial charge in [-0.15, -0.1) is 12.4 Å². The van der Waals surface area contributed by atoms with Crippen LogP contribution in [0.1, 0.15) is 44.7 Å². The van der Waals surface area contributed by atoms with Crippen LogP contribution in [0.4, 0.5) is 0 Å². The predicted molar refractivity (Wildman–Crippen MR) is 84.7 cm³/mol. The molecule has 1 aliphatic rings. The van der Waals surface area contributed by atoms with Crippen LogP contribution in [0.5, 0.6) is 0 Å². The molecule has 1 fully saturated rings. The Morgan fingerprint density at radius 1 is 1.40 bits per heavy atom. The standard InChI is InChI=1S/C16H24N2O.ClH/c1-3-7-13-10-14(13)18-16(19)11(2)15(17)12-8-5-4-6-9-12;/h4-6,8-9,11,13-15H,3,7,10,17H2,1-2H3,(H,18,19);1H. The number of amides is 1. The van der Waals surface area contributed by atoms with Gasteiger partial charge in [-0.1, -0.05) is 50.6 Å². The Balaban J connectivity index is 0.00000200. The second-order valence-electron chi connectivity index (χ2n) is 5.62. The zero-order chi connectivity index (χ0) is 13.8. The lowest BCUT2D eigenvalue weighted by Crippen LogP contribution is -2.37. The number of rotatable bonds is 6. The Bertz CT molecular complexity index is 424. The van der Waals surface area contributed by atoms with Gasteiger partial charge in [0, 0.05) is 12.1 Å². The third kappa shape index (κ3) is 4.22. The maximum absolute atomic E-state index is 12.2. The lowest BCUT2D eigenvalue weighted by atomic mass is 9.94. The molecular weight excluding hydrogens is 272 g/mol. The lowest BCUT2D eigenvalue weighted by molar-refractivity contribution is -0.125. The fraction of sp³-hybridized carbons (Fsp3) is 0.562. The van der Waals surface area contributed by atoms with E-state index < -0.39 is 0 Å². The first-order valence-electron chi connectivity index (χ1n) is 7.24. The molecule has 0 aromatic heterocycles. The molecule has 0 bridgehead atoms. The number of nitrogens with one attached hydrogen (secondary N) is 1. The highest BCUT2D eigenvalue weighted by atomic mass is 35.5. The van der Waals surface area contributed by atoms with Crippen molar-refractivity contribution in [2.24, 2.45) is 17.6 Å². The normalized spacial score (nSPS) is 23.4. The minimum Gasteiger partial charge on any atom is -0.353 e. The molecule has 1 aliphatic carbocycles. The first-order valence-corrected chi connectivity index (χ1v) is 7.24. The molecule has 0 saturated heterocycles. The average Bonchev–Trinajstić information content (AvgIpc) is 3.16. The summed E-state index contributed by atoms with van der Waals surface area (Å²) in [7, 11) is 0. The van der Waals surface area contributed by atoms with Crippen molar-refractivity contribution in [2.45, 2.75) is 45.2 Å². The molecule has 1 saturated carbocycles. The lowest BCUT2D eigenvalue weighted by Gasteiger charge is -2.20. The molecule has 2 rings (SSSR count). The SMILES string of the molecule is CCCC1CC1NC(=O)C(C)C(N)c1ccccc1.Cl. The van der Waals surface area contributed by atoms with Gasteiger partial charge in [0.15, 0.2) is 0 Å².